The minimum absolute atomic E-state index is 0.507. The van der Waals surface area contributed by atoms with Gasteiger partial charge >= 0.3 is 0 Å². The second-order valence-corrected chi connectivity index (χ2v) is 2.99. The van der Waals surface area contributed by atoms with Gasteiger partial charge in [0.1, 0.15) is 0 Å². The molecule has 0 heterocycles. The number of nitrogens with two attached hydrogens (primary N) is 1. The van der Waals surface area contributed by atoms with E-state index >= 15 is 0 Å². The van der Waals surface area contributed by atoms with Crippen LogP contribution in [0.25, 0.3) is 0 Å². The van der Waals surface area contributed by atoms with Crippen molar-refractivity contribution in [1.29, 1.82) is 5.41 Å². The number of nitrogens with one attached hydrogen (secondary N) is 1. The molecular weight excluding hydrogens is 160 g/mol. The first-order valence-electron chi connectivity index (χ1n) is 4.23. The maximum Gasteiger partial charge on any atom is 0.0612 e. The lowest BCUT2D eigenvalue weighted by atomic mass is 10.0. The van der Waals surface area contributed by atoms with Gasteiger partial charge in [-0.25, -0.2) is 0 Å². The Morgan fingerprint density at radius 2 is 2.15 bits per heavy atom. The van der Waals surface area contributed by atoms with Gasteiger partial charge in [-0.2, -0.15) is 0 Å². The molecule has 0 saturated carbocycles. The van der Waals surface area contributed by atoms with Crippen LogP contribution in [0.4, 0.5) is 5.69 Å². The molecule has 0 atom stereocenters. The fraction of sp³-hybridized carbons (Fsp3) is 0.182. The van der Waals surface area contributed by atoms with Crippen LogP contribution in [0.2, 0.25) is 0 Å². The molecule has 0 unspecified atom stereocenters. The number of hydrogen-bond donors (Lipinski definition) is 2. The highest BCUT2D eigenvalue weighted by molar-refractivity contribution is 6.07. The largest absolute Gasteiger partial charge is 0.399 e. The summed E-state index contributed by atoms with van der Waals surface area (Å²) >= 11 is 0. The van der Waals surface area contributed by atoms with Crippen molar-refractivity contribution < 1.29 is 0 Å². The van der Waals surface area contributed by atoms with Gasteiger partial charge in [-0.3, -0.25) is 0 Å². The van der Waals surface area contributed by atoms with E-state index in [0.717, 1.165) is 11.1 Å². The number of hydrogen-bond acceptors (Lipinski definition) is 2. The van der Waals surface area contributed by atoms with Gasteiger partial charge in [0.05, 0.1) is 5.71 Å². The second kappa shape index (κ2) is 3.90. The van der Waals surface area contributed by atoms with Crippen LogP contribution in [0, 0.1) is 12.3 Å². The Labute approximate surface area is 78.6 Å². The van der Waals surface area contributed by atoms with Crippen molar-refractivity contribution in [2.24, 2.45) is 0 Å². The van der Waals surface area contributed by atoms with Crippen LogP contribution >= 0.6 is 0 Å². The maximum atomic E-state index is 7.72. The average molecular weight is 174 g/mol. The van der Waals surface area contributed by atoms with Gasteiger partial charge in [0, 0.05) is 11.3 Å². The normalized spacial score (nSPS) is 10.6. The Kier molecular flexibility index (Phi) is 2.85. The smallest absolute Gasteiger partial charge is 0.0612 e. The van der Waals surface area contributed by atoms with Gasteiger partial charge in [-0.05, 0) is 37.6 Å². The zero-order valence-corrected chi connectivity index (χ0v) is 7.96. The summed E-state index contributed by atoms with van der Waals surface area (Å²) in [7, 11) is 0. The average Bonchev–Trinajstić information content (AvgIpc) is 2.09. The zero-order chi connectivity index (χ0) is 9.84. The molecule has 0 radical (unpaired) electrons. The molecule has 2 heteroatoms. The van der Waals surface area contributed by atoms with E-state index in [0.29, 0.717) is 11.4 Å². The van der Waals surface area contributed by atoms with Crippen molar-refractivity contribution in [3.05, 3.63) is 41.5 Å². The molecule has 68 valence electrons. The van der Waals surface area contributed by atoms with Crippen LogP contribution in [-0.4, -0.2) is 5.71 Å². The molecule has 2 nitrogen and oxygen atoms in total. The summed E-state index contributed by atoms with van der Waals surface area (Å²) in [4.78, 5) is 0. The molecule has 0 aliphatic heterocycles. The highest BCUT2D eigenvalue weighted by Gasteiger charge is 2.01. The number of rotatable bonds is 2. The Morgan fingerprint density at radius 3 is 2.77 bits per heavy atom. The van der Waals surface area contributed by atoms with E-state index in [1.165, 1.54) is 0 Å². The second-order valence-electron chi connectivity index (χ2n) is 2.99. The predicted molar refractivity (Wildman–Crippen MR) is 57.2 cm³/mol. The lowest BCUT2D eigenvalue weighted by Crippen LogP contribution is -1.99. The van der Waals surface area contributed by atoms with Crippen LogP contribution in [0.3, 0.4) is 0 Å². The molecule has 0 amide bonds. The zero-order valence-electron chi connectivity index (χ0n) is 7.96. The molecule has 0 saturated heterocycles. The molecule has 0 fully saturated rings. The van der Waals surface area contributed by atoms with Crippen LogP contribution in [0.5, 0.6) is 0 Å². The maximum absolute atomic E-state index is 7.72. The van der Waals surface area contributed by atoms with Gasteiger partial charge in [-0.15, -0.1) is 0 Å². The standard InChI is InChI=1S/C11H14N2/c1-3-4-11(13)10-7-9(12)6-5-8(10)2/h3-7,13H,12H2,1-2H3/b4-3-,13-11?. The summed E-state index contributed by atoms with van der Waals surface area (Å²) < 4.78 is 0. The molecule has 0 aromatic heterocycles. The topological polar surface area (TPSA) is 49.9 Å². The van der Waals surface area contributed by atoms with E-state index in [2.05, 4.69) is 0 Å². The minimum Gasteiger partial charge on any atom is -0.399 e. The van der Waals surface area contributed by atoms with Crippen molar-refractivity contribution in [3.8, 4) is 0 Å². The van der Waals surface area contributed by atoms with Gasteiger partial charge in [-0.1, -0.05) is 12.1 Å². The van der Waals surface area contributed by atoms with E-state index in [4.69, 9.17) is 11.1 Å². The molecule has 1 aromatic carbocycles. The van der Waals surface area contributed by atoms with Crippen LogP contribution < -0.4 is 5.73 Å². The van der Waals surface area contributed by atoms with Crippen molar-refractivity contribution in [2.75, 3.05) is 5.73 Å². The first-order valence-corrected chi connectivity index (χ1v) is 4.23. The molecule has 0 aliphatic carbocycles. The third kappa shape index (κ3) is 2.18. The first kappa shape index (κ1) is 9.52. The number of aryl methyl sites for hydroxylation is 1. The minimum atomic E-state index is 0.507. The lowest BCUT2D eigenvalue weighted by Gasteiger charge is -2.04. The van der Waals surface area contributed by atoms with Crippen LogP contribution in [0.15, 0.2) is 30.4 Å². The predicted octanol–water partition coefficient (Wildman–Crippen LogP) is 2.52. The monoisotopic (exact) mass is 174 g/mol. The summed E-state index contributed by atoms with van der Waals surface area (Å²) in [5.41, 5.74) is 8.83. The molecule has 0 spiro atoms. The number of benzene rings is 1. The van der Waals surface area contributed by atoms with Crippen molar-refractivity contribution in [2.45, 2.75) is 13.8 Å². The quantitative estimate of drug-likeness (QED) is 0.525. The third-order valence-electron chi connectivity index (χ3n) is 1.89. The highest BCUT2D eigenvalue weighted by atomic mass is 14.5. The number of anilines is 1. The Bertz CT molecular complexity index is 351. The van der Waals surface area contributed by atoms with E-state index < -0.39 is 0 Å². The van der Waals surface area contributed by atoms with Gasteiger partial charge < -0.3 is 11.1 Å². The summed E-state index contributed by atoms with van der Waals surface area (Å²) in [6.45, 7) is 3.88. The van der Waals surface area contributed by atoms with E-state index in [1.807, 2.05) is 38.1 Å². The third-order valence-corrected chi connectivity index (χ3v) is 1.89. The van der Waals surface area contributed by atoms with Gasteiger partial charge in [0.2, 0.25) is 0 Å². The SMILES string of the molecule is C/C=C\C(=N)c1cc(N)ccc1C. The number of allylic oxidation sites excluding steroid dienone is 2. The van der Waals surface area contributed by atoms with Crippen molar-refractivity contribution in [1.82, 2.24) is 0 Å². The molecular formula is C11H14N2. The fourth-order valence-corrected chi connectivity index (χ4v) is 1.19. The van der Waals surface area contributed by atoms with Gasteiger partial charge in [0.25, 0.3) is 0 Å². The van der Waals surface area contributed by atoms with Crippen molar-refractivity contribution in [3.63, 3.8) is 0 Å². The fourth-order valence-electron chi connectivity index (χ4n) is 1.19. The van der Waals surface area contributed by atoms with Crippen LogP contribution in [0.1, 0.15) is 18.1 Å². The number of nitrogen functional groups attached to an aromatic ring is 1. The van der Waals surface area contributed by atoms with E-state index in [9.17, 15) is 0 Å². The van der Waals surface area contributed by atoms with Gasteiger partial charge in [0.15, 0.2) is 0 Å². The lowest BCUT2D eigenvalue weighted by molar-refractivity contribution is 1.40. The molecule has 13 heavy (non-hydrogen) atoms. The van der Waals surface area contributed by atoms with Crippen LogP contribution in [-0.2, 0) is 0 Å². The van der Waals surface area contributed by atoms with Crippen molar-refractivity contribution >= 4 is 11.4 Å². The Morgan fingerprint density at radius 1 is 1.46 bits per heavy atom. The molecule has 0 bridgehead atoms. The molecule has 3 N–H and O–H groups in total. The summed E-state index contributed by atoms with van der Waals surface area (Å²) in [6, 6.07) is 5.61. The summed E-state index contributed by atoms with van der Waals surface area (Å²) in [5.74, 6) is 0. The highest BCUT2D eigenvalue weighted by Crippen LogP contribution is 2.13. The Balaban J connectivity index is 3.13. The summed E-state index contributed by atoms with van der Waals surface area (Å²) in [6.07, 6.45) is 3.62. The summed E-state index contributed by atoms with van der Waals surface area (Å²) in [5, 5.41) is 7.72. The molecule has 0 aliphatic rings. The molecule has 1 rings (SSSR count). The Hall–Kier alpha value is -1.57. The molecule has 1 aromatic rings. The van der Waals surface area contributed by atoms with E-state index in [-0.39, 0.29) is 0 Å². The first-order chi connectivity index (χ1) is 6.15. The van der Waals surface area contributed by atoms with E-state index in [1.54, 1.807) is 6.08 Å².